The van der Waals surface area contributed by atoms with Crippen molar-refractivity contribution in [1.29, 1.82) is 0 Å². The zero-order valence-corrected chi connectivity index (χ0v) is 14.1. The maximum atomic E-state index is 12.3. The number of rotatable bonds is 3. The predicted molar refractivity (Wildman–Crippen MR) is 89.3 cm³/mol. The monoisotopic (exact) mass is 338 g/mol. The number of ether oxygens (including phenoxy) is 1. The fourth-order valence-corrected chi connectivity index (χ4v) is 4.14. The highest BCUT2D eigenvalue weighted by atomic mass is 32.2. The third-order valence-corrected chi connectivity index (χ3v) is 5.60. The number of nitrogens with one attached hydrogen (secondary N) is 1. The molecular weight excluding hydrogens is 316 g/mol. The summed E-state index contributed by atoms with van der Waals surface area (Å²) in [5.41, 5.74) is 1.17. The molecule has 1 aromatic carbocycles. The molecule has 3 rings (SSSR count). The fraction of sp³-hybridized carbons (Fsp3) is 0.562. The Hall–Kier alpha value is -1.76. The Labute approximate surface area is 136 Å². The van der Waals surface area contributed by atoms with E-state index in [2.05, 4.69) is 5.32 Å². The van der Waals surface area contributed by atoms with Crippen LogP contribution in [0.5, 0.6) is 5.75 Å². The van der Waals surface area contributed by atoms with Gasteiger partial charge in [-0.25, -0.2) is 8.42 Å². The Balaban J connectivity index is 1.77. The second-order valence-corrected chi connectivity index (χ2v) is 8.10. The molecule has 0 spiro atoms. The molecule has 0 atom stereocenters. The summed E-state index contributed by atoms with van der Waals surface area (Å²) in [5, 5.41) is 2.93. The molecule has 1 N–H and O–H groups in total. The van der Waals surface area contributed by atoms with Gasteiger partial charge >= 0.3 is 0 Å². The predicted octanol–water partition coefficient (Wildman–Crippen LogP) is 2.36. The van der Waals surface area contributed by atoms with Crippen molar-refractivity contribution in [3.63, 3.8) is 0 Å². The van der Waals surface area contributed by atoms with Crippen molar-refractivity contribution in [2.75, 3.05) is 29.0 Å². The summed E-state index contributed by atoms with van der Waals surface area (Å²) in [6.07, 6.45) is 6.48. The maximum absolute atomic E-state index is 12.3. The number of hydrogen-bond acceptors (Lipinski definition) is 4. The van der Waals surface area contributed by atoms with Gasteiger partial charge in [-0.05, 0) is 25.0 Å². The Morgan fingerprint density at radius 3 is 2.70 bits per heavy atom. The zero-order valence-electron chi connectivity index (χ0n) is 13.2. The molecule has 0 unspecified atom stereocenters. The Morgan fingerprint density at radius 2 is 2.00 bits per heavy atom. The molecule has 2 aliphatic rings. The van der Waals surface area contributed by atoms with E-state index in [-0.39, 0.29) is 11.8 Å². The van der Waals surface area contributed by atoms with Crippen molar-refractivity contribution in [2.45, 2.75) is 32.1 Å². The molecule has 7 heteroatoms. The van der Waals surface area contributed by atoms with Gasteiger partial charge < -0.3 is 10.1 Å². The first-order chi connectivity index (χ1) is 10.9. The van der Waals surface area contributed by atoms with E-state index in [0.29, 0.717) is 30.3 Å². The largest absolute Gasteiger partial charge is 0.489 e. The summed E-state index contributed by atoms with van der Waals surface area (Å²) in [5.74, 6) is 0.608. The lowest BCUT2D eigenvalue weighted by Crippen LogP contribution is -2.37. The molecule has 1 amide bonds. The fourth-order valence-electron chi connectivity index (χ4n) is 3.23. The highest BCUT2D eigenvalue weighted by Gasteiger charge is 2.26. The minimum absolute atomic E-state index is 0.0421. The molecular formula is C16H22N2O4S. The van der Waals surface area contributed by atoms with Crippen LogP contribution in [0.15, 0.2) is 18.2 Å². The maximum Gasteiger partial charge on any atom is 0.232 e. The van der Waals surface area contributed by atoms with Gasteiger partial charge in [0, 0.05) is 17.7 Å². The van der Waals surface area contributed by atoms with E-state index in [1.54, 1.807) is 18.2 Å². The van der Waals surface area contributed by atoms with Crippen molar-refractivity contribution in [3.05, 3.63) is 18.2 Å². The Kier molecular flexibility index (Phi) is 4.48. The third-order valence-electron chi connectivity index (χ3n) is 4.42. The molecule has 0 aromatic heterocycles. The Bertz CT molecular complexity index is 696. The first-order valence-electron chi connectivity index (χ1n) is 8.00. The molecule has 23 heavy (non-hydrogen) atoms. The van der Waals surface area contributed by atoms with Crippen LogP contribution in [0.3, 0.4) is 0 Å². The SMILES string of the molecule is CS(=O)(=O)N1CCOc2cc(NC(=O)C3CCCCC3)ccc21. The van der Waals surface area contributed by atoms with Gasteiger partial charge in [0.15, 0.2) is 0 Å². The van der Waals surface area contributed by atoms with E-state index < -0.39 is 10.0 Å². The van der Waals surface area contributed by atoms with E-state index >= 15 is 0 Å². The molecule has 1 aliphatic heterocycles. The van der Waals surface area contributed by atoms with Crippen LogP contribution < -0.4 is 14.4 Å². The normalized spacial score (nSPS) is 18.9. The highest BCUT2D eigenvalue weighted by Crippen LogP contribution is 2.35. The molecule has 0 saturated heterocycles. The molecule has 6 nitrogen and oxygen atoms in total. The molecule has 0 radical (unpaired) electrons. The van der Waals surface area contributed by atoms with Crippen LogP contribution in [0.1, 0.15) is 32.1 Å². The molecule has 1 fully saturated rings. The first-order valence-corrected chi connectivity index (χ1v) is 9.85. The van der Waals surface area contributed by atoms with E-state index in [0.717, 1.165) is 25.7 Å². The van der Waals surface area contributed by atoms with Gasteiger partial charge in [0.2, 0.25) is 15.9 Å². The second-order valence-electron chi connectivity index (χ2n) is 6.19. The summed E-state index contributed by atoms with van der Waals surface area (Å²) < 4.78 is 30.5. The number of sulfonamides is 1. The summed E-state index contributed by atoms with van der Waals surface area (Å²) >= 11 is 0. The molecule has 1 aliphatic carbocycles. The second kappa shape index (κ2) is 6.39. The van der Waals surface area contributed by atoms with Gasteiger partial charge in [0.05, 0.1) is 18.5 Å². The van der Waals surface area contributed by atoms with Gasteiger partial charge in [-0.2, -0.15) is 0 Å². The van der Waals surface area contributed by atoms with Crippen molar-refractivity contribution in [2.24, 2.45) is 5.92 Å². The van der Waals surface area contributed by atoms with Crippen LogP contribution >= 0.6 is 0 Å². The van der Waals surface area contributed by atoms with Crippen LogP contribution in [0, 0.1) is 5.92 Å². The van der Waals surface area contributed by atoms with Crippen LogP contribution in [0.4, 0.5) is 11.4 Å². The number of amides is 1. The third kappa shape index (κ3) is 3.60. The number of benzene rings is 1. The van der Waals surface area contributed by atoms with Gasteiger partial charge in [0.1, 0.15) is 12.4 Å². The molecule has 0 bridgehead atoms. The minimum atomic E-state index is -3.33. The smallest absolute Gasteiger partial charge is 0.232 e. The molecule has 1 saturated carbocycles. The van der Waals surface area contributed by atoms with Crippen LogP contribution in [-0.4, -0.2) is 33.7 Å². The summed E-state index contributed by atoms with van der Waals surface area (Å²) in [6.45, 7) is 0.611. The summed E-state index contributed by atoms with van der Waals surface area (Å²) in [7, 11) is -3.33. The van der Waals surface area contributed by atoms with Crippen LogP contribution in [0.2, 0.25) is 0 Å². The van der Waals surface area contributed by atoms with E-state index in [1.165, 1.54) is 17.0 Å². The molecule has 126 valence electrons. The van der Waals surface area contributed by atoms with Crippen molar-refractivity contribution in [3.8, 4) is 5.75 Å². The minimum Gasteiger partial charge on any atom is -0.489 e. The number of anilines is 2. The number of carbonyl (C=O) groups excluding carboxylic acids is 1. The van der Waals surface area contributed by atoms with Crippen LogP contribution in [0.25, 0.3) is 0 Å². The standard InChI is InChI=1S/C16H22N2O4S/c1-23(20,21)18-9-10-22-15-11-13(7-8-14(15)18)17-16(19)12-5-3-2-4-6-12/h7-8,11-12H,2-6,9-10H2,1H3,(H,17,19). The number of nitrogens with zero attached hydrogens (tertiary/aromatic N) is 1. The van der Waals surface area contributed by atoms with E-state index in [1.807, 2.05) is 0 Å². The van der Waals surface area contributed by atoms with Crippen molar-refractivity contribution >= 4 is 27.3 Å². The molecule has 1 aromatic rings. The van der Waals surface area contributed by atoms with Gasteiger partial charge in [-0.1, -0.05) is 19.3 Å². The van der Waals surface area contributed by atoms with Gasteiger partial charge in [-0.15, -0.1) is 0 Å². The zero-order chi connectivity index (χ0) is 16.4. The highest BCUT2D eigenvalue weighted by molar-refractivity contribution is 7.92. The lowest BCUT2D eigenvalue weighted by Gasteiger charge is -2.29. The lowest BCUT2D eigenvalue weighted by molar-refractivity contribution is -0.120. The van der Waals surface area contributed by atoms with Gasteiger partial charge in [-0.3, -0.25) is 9.10 Å². The van der Waals surface area contributed by atoms with Crippen LogP contribution in [-0.2, 0) is 14.8 Å². The van der Waals surface area contributed by atoms with Crippen molar-refractivity contribution in [1.82, 2.24) is 0 Å². The van der Waals surface area contributed by atoms with Crippen molar-refractivity contribution < 1.29 is 17.9 Å². The van der Waals surface area contributed by atoms with Gasteiger partial charge in [0.25, 0.3) is 0 Å². The average Bonchev–Trinajstić information content (AvgIpc) is 2.54. The quantitative estimate of drug-likeness (QED) is 0.918. The summed E-state index contributed by atoms with van der Waals surface area (Å²) in [4.78, 5) is 12.3. The lowest BCUT2D eigenvalue weighted by atomic mass is 9.88. The van der Waals surface area contributed by atoms with E-state index in [9.17, 15) is 13.2 Å². The summed E-state index contributed by atoms with van der Waals surface area (Å²) in [6, 6.07) is 5.12. The number of fused-ring (bicyclic) bond motifs is 1. The average molecular weight is 338 g/mol. The number of hydrogen-bond donors (Lipinski definition) is 1. The topological polar surface area (TPSA) is 75.7 Å². The molecule has 1 heterocycles. The van der Waals surface area contributed by atoms with E-state index in [4.69, 9.17) is 4.74 Å². The number of carbonyl (C=O) groups is 1. The Morgan fingerprint density at radius 1 is 1.26 bits per heavy atom. The first kappa shape index (κ1) is 16.1.